The molecule has 37 heavy (non-hydrogen) atoms. The van der Waals surface area contributed by atoms with Crippen molar-refractivity contribution in [1.29, 1.82) is 0 Å². The van der Waals surface area contributed by atoms with E-state index in [0.29, 0.717) is 6.42 Å². The second-order valence-corrected chi connectivity index (χ2v) is 6.68. The van der Waals surface area contributed by atoms with Crippen molar-refractivity contribution in [1.82, 2.24) is 21.3 Å². The third-order valence-electron chi connectivity index (χ3n) is 3.67. The number of nitrogens with one attached hydrogen (secondary N) is 4. The quantitative estimate of drug-likeness (QED) is 0.185. The fourth-order valence-corrected chi connectivity index (χ4v) is 2.30. The Labute approximate surface area is 222 Å². The van der Waals surface area contributed by atoms with E-state index >= 15 is 0 Å². The predicted molar refractivity (Wildman–Crippen MR) is 141 cm³/mol. The molecule has 0 spiro atoms. The molecule has 0 aromatic rings. The van der Waals surface area contributed by atoms with Crippen LogP contribution in [-0.4, -0.2) is 99.0 Å². The Morgan fingerprint density at radius 1 is 0.973 bits per heavy atom. The Morgan fingerprint density at radius 3 is 2.03 bits per heavy atom. The maximum Gasteiger partial charge on any atom is 0.239 e. The van der Waals surface area contributed by atoms with Gasteiger partial charge in [0.25, 0.3) is 0 Å². The van der Waals surface area contributed by atoms with Crippen molar-refractivity contribution in [3.8, 4) is 0 Å². The maximum atomic E-state index is 11.5. The van der Waals surface area contributed by atoms with Gasteiger partial charge in [0.05, 0.1) is 33.0 Å². The molecule has 4 atom stereocenters. The molecular formula is C24H52N4O9. The Hall–Kier alpha value is -2.16. The Kier molecular flexibility index (Phi) is 36.1. The van der Waals surface area contributed by atoms with Crippen LogP contribution >= 0.6 is 0 Å². The third-order valence-corrected chi connectivity index (χ3v) is 3.67. The van der Waals surface area contributed by atoms with E-state index in [2.05, 4.69) is 35.1 Å². The van der Waals surface area contributed by atoms with Crippen LogP contribution in [0.15, 0.2) is 0 Å². The fraction of sp³-hybridized carbons (Fsp3) is 0.833. The van der Waals surface area contributed by atoms with Crippen molar-refractivity contribution in [3.63, 3.8) is 0 Å². The highest BCUT2D eigenvalue weighted by Crippen LogP contribution is 2.14. The molecule has 1 aliphatic heterocycles. The molecule has 0 saturated carbocycles. The molecular weight excluding hydrogens is 488 g/mol. The first-order chi connectivity index (χ1) is 17.8. The van der Waals surface area contributed by atoms with Gasteiger partial charge < -0.3 is 45.2 Å². The Morgan fingerprint density at radius 2 is 1.54 bits per heavy atom. The molecule has 222 valence electrons. The van der Waals surface area contributed by atoms with E-state index in [0.717, 1.165) is 0 Å². The van der Waals surface area contributed by atoms with E-state index in [4.69, 9.17) is 24.1 Å². The number of rotatable bonds is 12. The van der Waals surface area contributed by atoms with Gasteiger partial charge in [0.2, 0.25) is 17.7 Å². The summed E-state index contributed by atoms with van der Waals surface area (Å²) < 4.78 is 16.2. The second-order valence-electron chi connectivity index (χ2n) is 6.68. The minimum atomic E-state index is -1.15. The van der Waals surface area contributed by atoms with Gasteiger partial charge in [-0.15, -0.1) is 0 Å². The summed E-state index contributed by atoms with van der Waals surface area (Å²) in [4.78, 5) is 41.8. The molecule has 0 aromatic carbocycles. The van der Waals surface area contributed by atoms with Crippen molar-refractivity contribution >= 4 is 24.5 Å². The molecule has 13 nitrogen and oxygen atoms in total. The Bertz CT molecular complexity index is 542. The SMILES string of the molecule is C=O.CC.CC.CCC.CCC(=O)NCC(=O)NCCOCCOC1OC(CO)NC(O)C1NC(C)=O. The van der Waals surface area contributed by atoms with Crippen LogP contribution in [0.2, 0.25) is 0 Å². The van der Waals surface area contributed by atoms with Crippen molar-refractivity contribution < 1.29 is 43.6 Å². The van der Waals surface area contributed by atoms with Gasteiger partial charge in [-0.05, 0) is 0 Å². The van der Waals surface area contributed by atoms with Gasteiger partial charge >= 0.3 is 0 Å². The summed E-state index contributed by atoms with van der Waals surface area (Å²) in [6, 6.07) is -0.849. The topological polar surface area (TPSA) is 185 Å². The highest BCUT2D eigenvalue weighted by Gasteiger charge is 2.38. The summed E-state index contributed by atoms with van der Waals surface area (Å²) in [7, 11) is 0. The third kappa shape index (κ3) is 25.3. The first-order valence-corrected chi connectivity index (χ1v) is 12.8. The van der Waals surface area contributed by atoms with Gasteiger partial charge in [-0.1, -0.05) is 54.9 Å². The lowest BCUT2D eigenvalue weighted by Gasteiger charge is -2.39. The summed E-state index contributed by atoms with van der Waals surface area (Å²) in [5.41, 5.74) is 0. The number of ether oxygens (including phenoxy) is 3. The number of hydrogen-bond acceptors (Lipinski definition) is 10. The smallest absolute Gasteiger partial charge is 0.239 e. The summed E-state index contributed by atoms with van der Waals surface area (Å²) in [5.74, 6) is -0.880. The molecule has 1 aliphatic rings. The summed E-state index contributed by atoms with van der Waals surface area (Å²) in [5, 5.41) is 29.3. The second kappa shape index (κ2) is 31.9. The highest BCUT2D eigenvalue weighted by molar-refractivity contribution is 5.84. The molecule has 3 amide bonds. The molecule has 6 N–H and O–H groups in total. The molecule has 0 aliphatic carbocycles. The van der Waals surface area contributed by atoms with E-state index in [1.54, 1.807) is 6.92 Å². The van der Waals surface area contributed by atoms with Crippen LogP contribution in [0, 0.1) is 0 Å². The first-order valence-electron chi connectivity index (χ1n) is 12.8. The number of hydrogen-bond donors (Lipinski definition) is 6. The molecule has 1 rings (SSSR count). The van der Waals surface area contributed by atoms with Crippen molar-refractivity contribution in [2.45, 2.75) is 93.0 Å². The van der Waals surface area contributed by atoms with Crippen molar-refractivity contribution in [2.75, 3.05) is 39.5 Å². The average Bonchev–Trinajstić information content (AvgIpc) is 2.91. The number of carbonyl (C=O) groups is 4. The van der Waals surface area contributed by atoms with E-state index in [-0.39, 0.29) is 57.2 Å². The molecule has 1 saturated heterocycles. The lowest BCUT2D eigenvalue weighted by atomic mass is 10.2. The predicted octanol–water partition coefficient (Wildman–Crippen LogP) is 0.0332. The van der Waals surface area contributed by atoms with E-state index in [9.17, 15) is 19.5 Å². The van der Waals surface area contributed by atoms with Crippen LogP contribution in [0.3, 0.4) is 0 Å². The molecule has 1 fully saturated rings. The number of aliphatic hydroxyl groups is 2. The zero-order valence-electron chi connectivity index (χ0n) is 23.9. The first kappa shape index (κ1) is 41.9. The zero-order chi connectivity index (χ0) is 29.6. The Balaban J connectivity index is -0.000000537. The van der Waals surface area contributed by atoms with Gasteiger partial charge in [-0.25, -0.2) is 0 Å². The number of aliphatic hydroxyl groups excluding tert-OH is 2. The largest absolute Gasteiger partial charge is 0.392 e. The minimum Gasteiger partial charge on any atom is -0.392 e. The van der Waals surface area contributed by atoms with Crippen LogP contribution in [0.1, 0.15) is 68.2 Å². The normalized spacial score (nSPS) is 19.4. The van der Waals surface area contributed by atoms with E-state index in [1.807, 2.05) is 34.5 Å². The van der Waals surface area contributed by atoms with Crippen LogP contribution in [-0.2, 0) is 33.4 Å². The van der Waals surface area contributed by atoms with Gasteiger partial charge in [-0.2, -0.15) is 0 Å². The van der Waals surface area contributed by atoms with Gasteiger partial charge in [0.1, 0.15) is 25.3 Å². The summed E-state index contributed by atoms with van der Waals surface area (Å²) >= 11 is 0. The van der Waals surface area contributed by atoms with Gasteiger partial charge in [0, 0.05) is 19.9 Å². The maximum absolute atomic E-state index is 11.5. The summed E-state index contributed by atoms with van der Waals surface area (Å²) in [6.45, 7) is 17.6. The molecule has 4 unspecified atom stereocenters. The molecule has 13 heteroatoms. The van der Waals surface area contributed by atoms with E-state index in [1.165, 1.54) is 13.3 Å². The lowest BCUT2D eigenvalue weighted by Crippen LogP contribution is -2.65. The van der Waals surface area contributed by atoms with Crippen LogP contribution in [0.25, 0.3) is 0 Å². The highest BCUT2D eigenvalue weighted by atomic mass is 16.7. The van der Waals surface area contributed by atoms with Crippen LogP contribution < -0.4 is 21.3 Å². The molecule has 0 radical (unpaired) electrons. The zero-order valence-corrected chi connectivity index (χ0v) is 23.9. The molecule has 0 bridgehead atoms. The fourth-order valence-electron chi connectivity index (χ4n) is 2.30. The van der Waals surface area contributed by atoms with Gasteiger partial charge in [0.15, 0.2) is 6.29 Å². The summed E-state index contributed by atoms with van der Waals surface area (Å²) in [6.07, 6.45) is -1.38. The minimum absolute atomic E-state index is 0.0816. The van der Waals surface area contributed by atoms with Crippen LogP contribution in [0.5, 0.6) is 0 Å². The number of amides is 3. The molecule has 0 aromatic heterocycles. The standard InChI is InChI=1S/C16H30N4O8.C3H8.2C2H6.CH2O/c1-3-11(23)18-8-12(24)17-4-5-26-6-7-27-16-14(19-10(2)22)15(25)20-13(9-21)28-16;1-3-2;3*1-2/h13-16,20-21,25H,3-9H2,1-2H3,(H,17,24)(H,18,23)(H,19,22);3H2,1-2H3;2*1-2H3;1H2. The average molecular weight is 541 g/mol. The monoisotopic (exact) mass is 540 g/mol. The number of carbonyl (C=O) groups excluding carboxylic acids is 4. The van der Waals surface area contributed by atoms with E-state index < -0.39 is 24.8 Å². The lowest BCUT2D eigenvalue weighted by molar-refractivity contribution is -0.252. The van der Waals surface area contributed by atoms with Crippen LogP contribution in [0.4, 0.5) is 0 Å². The molecule has 1 heterocycles. The van der Waals surface area contributed by atoms with Gasteiger partial charge in [-0.3, -0.25) is 19.7 Å². The van der Waals surface area contributed by atoms with Crippen molar-refractivity contribution in [3.05, 3.63) is 0 Å². The van der Waals surface area contributed by atoms with Crippen molar-refractivity contribution in [2.24, 2.45) is 0 Å².